The lowest BCUT2D eigenvalue weighted by Crippen LogP contribution is -2.25. The molecule has 1 atom stereocenters. The van der Waals surface area contributed by atoms with Gasteiger partial charge in [0.05, 0.1) is 6.04 Å². The van der Waals surface area contributed by atoms with Crippen molar-refractivity contribution in [2.75, 3.05) is 0 Å². The van der Waals surface area contributed by atoms with Crippen molar-refractivity contribution in [1.29, 1.82) is 0 Å². The van der Waals surface area contributed by atoms with Gasteiger partial charge in [0.15, 0.2) is 5.82 Å². The summed E-state index contributed by atoms with van der Waals surface area (Å²) in [4.78, 5) is 14.7. The molecule has 0 aliphatic carbocycles. The highest BCUT2D eigenvalue weighted by Gasteiger charge is 2.13. The number of hydrogen-bond acceptors (Lipinski definition) is 4. The van der Waals surface area contributed by atoms with Crippen LogP contribution in [0.2, 0.25) is 0 Å². The Kier molecular flexibility index (Phi) is 2.65. The molecule has 1 aromatic heterocycles. The molecule has 0 bridgehead atoms. The average molecular weight is 179 g/mol. The van der Waals surface area contributed by atoms with Crippen LogP contribution in [0.15, 0.2) is 4.52 Å². The summed E-state index contributed by atoms with van der Waals surface area (Å²) in [6.45, 7) is 3.39. The van der Waals surface area contributed by atoms with E-state index in [1.54, 1.807) is 13.8 Å². The minimum absolute atomic E-state index is 0.332. The van der Waals surface area contributed by atoms with Crippen molar-refractivity contribution in [1.82, 2.24) is 15.5 Å². The lowest BCUT2D eigenvalue weighted by Gasteiger charge is -2.05. The van der Waals surface area contributed by atoms with Gasteiger partial charge in [0.2, 0.25) is 5.89 Å². The number of aromatic nitrogens is 2. The summed E-state index contributed by atoms with van der Waals surface area (Å²) in [6.07, 6.45) is 4.88. The van der Waals surface area contributed by atoms with Gasteiger partial charge in [-0.1, -0.05) is 5.16 Å². The van der Waals surface area contributed by atoms with Gasteiger partial charge in [-0.15, -0.1) is 6.42 Å². The molecule has 5 heteroatoms. The smallest absolute Gasteiger partial charge is 0.296 e. The van der Waals surface area contributed by atoms with E-state index in [1.165, 1.54) is 0 Å². The summed E-state index contributed by atoms with van der Waals surface area (Å²) < 4.78 is 4.74. The summed E-state index contributed by atoms with van der Waals surface area (Å²) in [5.74, 6) is 2.32. The van der Waals surface area contributed by atoms with E-state index in [1.807, 2.05) is 5.92 Å². The number of hydrogen-bond donors (Lipinski definition) is 1. The number of rotatable bonds is 2. The number of terminal acetylenes is 1. The maximum Gasteiger partial charge on any atom is 0.296 e. The topological polar surface area (TPSA) is 68.0 Å². The van der Waals surface area contributed by atoms with Gasteiger partial charge in [-0.25, -0.2) is 0 Å². The Labute approximate surface area is 75.5 Å². The van der Waals surface area contributed by atoms with Gasteiger partial charge in [-0.05, 0) is 12.8 Å². The van der Waals surface area contributed by atoms with Crippen LogP contribution in [0.25, 0.3) is 0 Å². The van der Waals surface area contributed by atoms with Gasteiger partial charge in [-0.2, -0.15) is 4.98 Å². The van der Waals surface area contributed by atoms with E-state index in [-0.39, 0.29) is 6.04 Å². The third-order valence-corrected chi connectivity index (χ3v) is 1.41. The number of aryl methyl sites for hydroxylation is 1. The van der Waals surface area contributed by atoms with Crippen molar-refractivity contribution in [2.24, 2.45) is 0 Å². The molecule has 0 radical (unpaired) electrons. The van der Waals surface area contributed by atoms with Crippen molar-refractivity contribution in [2.45, 2.75) is 19.9 Å². The lowest BCUT2D eigenvalue weighted by molar-refractivity contribution is -0.116. The molecule has 0 aromatic carbocycles. The van der Waals surface area contributed by atoms with Crippen LogP contribution in [-0.4, -0.2) is 16.0 Å². The summed E-state index contributed by atoms with van der Waals surface area (Å²) in [5, 5.41) is 6.13. The first-order valence-corrected chi connectivity index (χ1v) is 3.71. The number of carbonyl (C=O) groups excluding carboxylic acids is 1. The third-order valence-electron chi connectivity index (χ3n) is 1.41. The molecule has 1 amide bonds. The van der Waals surface area contributed by atoms with Gasteiger partial charge in [-0.3, -0.25) is 4.79 Å². The molecule has 68 valence electrons. The Hall–Kier alpha value is -1.83. The first-order valence-electron chi connectivity index (χ1n) is 3.71. The second kappa shape index (κ2) is 3.72. The Morgan fingerprint density at radius 3 is 2.92 bits per heavy atom. The maximum atomic E-state index is 10.8. The van der Waals surface area contributed by atoms with E-state index >= 15 is 0 Å². The van der Waals surface area contributed by atoms with Crippen molar-refractivity contribution in [3.05, 3.63) is 11.7 Å². The minimum atomic E-state index is -0.491. The quantitative estimate of drug-likeness (QED) is 0.658. The monoisotopic (exact) mass is 179 g/mol. The molecule has 0 aliphatic heterocycles. The molecule has 13 heavy (non-hydrogen) atoms. The number of nitrogens with zero attached hydrogens (tertiary/aromatic N) is 2. The Morgan fingerprint density at radius 2 is 2.46 bits per heavy atom. The predicted octanol–water partition coefficient (Wildman–Crippen LogP) is 0.188. The second-order valence-corrected chi connectivity index (χ2v) is 2.51. The van der Waals surface area contributed by atoms with Crippen LogP contribution in [0, 0.1) is 19.3 Å². The van der Waals surface area contributed by atoms with E-state index in [0.29, 0.717) is 11.7 Å². The molecule has 1 N–H and O–H groups in total. The lowest BCUT2D eigenvalue weighted by atomic mass is 10.3. The summed E-state index contributed by atoms with van der Waals surface area (Å²) >= 11 is 0. The molecular weight excluding hydrogens is 170 g/mol. The zero-order valence-corrected chi connectivity index (χ0v) is 7.37. The Morgan fingerprint density at radius 1 is 1.77 bits per heavy atom. The summed E-state index contributed by atoms with van der Waals surface area (Å²) in [6, 6.07) is -0.332. The SMILES string of the molecule is C#CC(=O)NC(C)c1noc(C)n1. The zero-order chi connectivity index (χ0) is 9.84. The molecule has 1 aromatic rings. The van der Waals surface area contributed by atoms with E-state index in [9.17, 15) is 4.79 Å². The van der Waals surface area contributed by atoms with Crippen LogP contribution < -0.4 is 5.32 Å². The summed E-state index contributed by atoms with van der Waals surface area (Å²) in [5.41, 5.74) is 0. The van der Waals surface area contributed by atoms with Gasteiger partial charge in [0.25, 0.3) is 5.91 Å². The number of nitrogens with one attached hydrogen (secondary N) is 1. The molecular formula is C8H9N3O2. The average Bonchev–Trinajstić information content (AvgIpc) is 2.51. The van der Waals surface area contributed by atoms with Crippen LogP contribution in [0.1, 0.15) is 24.7 Å². The molecule has 0 saturated carbocycles. The van der Waals surface area contributed by atoms with Gasteiger partial charge in [0, 0.05) is 6.92 Å². The molecule has 1 unspecified atom stereocenters. The maximum absolute atomic E-state index is 10.8. The predicted molar refractivity (Wildman–Crippen MR) is 44.4 cm³/mol. The Balaban J connectivity index is 2.64. The van der Waals surface area contributed by atoms with Crippen molar-refractivity contribution >= 4 is 5.91 Å². The highest BCUT2D eigenvalue weighted by Crippen LogP contribution is 2.06. The van der Waals surface area contributed by atoms with Gasteiger partial charge in [0.1, 0.15) is 0 Å². The highest BCUT2D eigenvalue weighted by atomic mass is 16.5. The van der Waals surface area contributed by atoms with E-state index < -0.39 is 5.91 Å². The van der Waals surface area contributed by atoms with Crippen molar-refractivity contribution < 1.29 is 9.32 Å². The fourth-order valence-electron chi connectivity index (χ4n) is 0.794. The first kappa shape index (κ1) is 9.26. The molecule has 0 aliphatic rings. The van der Waals surface area contributed by atoms with Crippen molar-refractivity contribution in [3.63, 3.8) is 0 Å². The van der Waals surface area contributed by atoms with Crippen LogP contribution in [-0.2, 0) is 4.79 Å². The number of carbonyl (C=O) groups is 1. The molecule has 0 saturated heterocycles. The fourth-order valence-corrected chi connectivity index (χ4v) is 0.794. The first-order chi connectivity index (χ1) is 6.13. The largest absolute Gasteiger partial charge is 0.340 e. The van der Waals surface area contributed by atoms with Gasteiger partial charge >= 0.3 is 0 Å². The van der Waals surface area contributed by atoms with Crippen LogP contribution in [0.4, 0.5) is 0 Å². The minimum Gasteiger partial charge on any atom is -0.340 e. The molecule has 0 spiro atoms. The summed E-state index contributed by atoms with van der Waals surface area (Å²) in [7, 11) is 0. The highest BCUT2D eigenvalue weighted by molar-refractivity contribution is 5.92. The Bertz CT molecular complexity index is 351. The molecule has 0 fully saturated rings. The standard InChI is InChI=1S/C8H9N3O2/c1-4-7(12)9-5(2)8-10-6(3)13-11-8/h1,5H,2-3H3,(H,9,12). The zero-order valence-electron chi connectivity index (χ0n) is 7.37. The number of amides is 1. The molecule has 1 heterocycles. The van der Waals surface area contributed by atoms with E-state index in [4.69, 9.17) is 10.9 Å². The van der Waals surface area contributed by atoms with E-state index in [2.05, 4.69) is 15.5 Å². The normalized spacial score (nSPS) is 11.8. The van der Waals surface area contributed by atoms with Crippen LogP contribution >= 0.6 is 0 Å². The third kappa shape index (κ3) is 2.30. The van der Waals surface area contributed by atoms with E-state index in [0.717, 1.165) is 0 Å². The van der Waals surface area contributed by atoms with Crippen LogP contribution in [0.3, 0.4) is 0 Å². The molecule has 1 rings (SSSR count). The second-order valence-electron chi connectivity index (χ2n) is 2.51. The molecule has 5 nitrogen and oxygen atoms in total. The van der Waals surface area contributed by atoms with Crippen molar-refractivity contribution in [3.8, 4) is 12.3 Å². The van der Waals surface area contributed by atoms with Gasteiger partial charge < -0.3 is 9.84 Å². The van der Waals surface area contributed by atoms with Crippen LogP contribution in [0.5, 0.6) is 0 Å². The fraction of sp³-hybridized carbons (Fsp3) is 0.375.